The van der Waals surface area contributed by atoms with Gasteiger partial charge < -0.3 is 14.0 Å². The Bertz CT molecular complexity index is 300. The minimum atomic E-state index is -4.16. The van der Waals surface area contributed by atoms with Gasteiger partial charge in [0.1, 0.15) is 6.61 Å². The first kappa shape index (κ1) is 18.4. The van der Waals surface area contributed by atoms with Crippen molar-refractivity contribution in [1.82, 2.24) is 0 Å². The molecule has 88 valence electrons. The Morgan fingerprint density at radius 3 is 2.44 bits per heavy atom. The second kappa shape index (κ2) is 10.2. The Kier molecular flexibility index (Phi) is 11.8. The molecule has 0 radical (unpaired) electrons. The first-order valence-electron chi connectivity index (χ1n) is 4.26. The number of ether oxygens (including phenoxy) is 2. The fourth-order valence-electron chi connectivity index (χ4n) is 0.700. The Morgan fingerprint density at radius 1 is 1.31 bits per heavy atom. The van der Waals surface area contributed by atoms with Gasteiger partial charge in [-0.15, -0.1) is 0 Å². The van der Waals surface area contributed by atoms with Crippen LogP contribution in [0.3, 0.4) is 0 Å². The van der Waals surface area contributed by atoms with E-state index in [1.165, 1.54) is 0 Å². The summed E-state index contributed by atoms with van der Waals surface area (Å²) in [5.41, 5.74) is 0. The van der Waals surface area contributed by atoms with Crippen molar-refractivity contribution in [2.24, 2.45) is 0 Å². The largest absolute Gasteiger partial charge is 1.00 e. The molecule has 0 atom stereocenters. The number of hydrogen-bond donors (Lipinski definition) is 0. The first-order chi connectivity index (χ1) is 6.95. The summed E-state index contributed by atoms with van der Waals surface area (Å²) >= 11 is 0. The van der Waals surface area contributed by atoms with Crippen LogP contribution in [0.4, 0.5) is 0 Å². The molecule has 0 aromatic rings. The van der Waals surface area contributed by atoms with Gasteiger partial charge in [-0.3, -0.25) is 0 Å². The average molecular weight is 260 g/mol. The predicted octanol–water partition coefficient (Wildman–Crippen LogP) is -3.33. The smallest absolute Gasteiger partial charge is 0.748 e. The zero-order valence-corrected chi connectivity index (χ0v) is 12.0. The monoisotopic (exact) mass is 260 g/mol. The molecule has 0 spiro atoms. The van der Waals surface area contributed by atoms with Gasteiger partial charge >= 0.3 is 35.5 Å². The quantitative estimate of drug-likeness (QED) is 0.149. The van der Waals surface area contributed by atoms with Crippen molar-refractivity contribution >= 4 is 16.1 Å². The van der Waals surface area contributed by atoms with Crippen LogP contribution in [0.1, 0.15) is 6.42 Å². The van der Waals surface area contributed by atoms with E-state index >= 15 is 0 Å². The van der Waals surface area contributed by atoms with Crippen LogP contribution in [0.25, 0.3) is 0 Å². The van der Waals surface area contributed by atoms with Gasteiger partial charge in [0.2, 0.25) is 0 Å². The van der Waals surface area contributed by atoms with Gasteiger partial charge in [-0.1, -0.05) is 6.58 Å². The van der Waals surface area contributed by atoms with E-state index in [1.807, 2.05) is 0 Å². The molecule has 0 heterocycles. The summed E-state index contributed by atoms with van der Waals surface area (Å²) < 4.78 is 40.0. The molecule has 0 N–H and O–H groups in total. The van der Waals surface area contributed by atoms with Crippen LogP contribution in [0.5, 0.6) is 0 Å². The number of rotatable bonds is 8. The third-order valence-corrected chi connectivity index (χ3v) is 2.11. The first-order valence-corrected chi connectivity index (χ1v) is 5.84. The molecule has 0 aromatic heterocycles. The normalized spacial score (nSPS) is 10.3. The fraction of sp³-hybridized carbons (Fsp3) is 0.625. The zero-order chi connectivity index (χ0) is 11.7. The second-order valence-corrected chi connectivity index (χ2v) is 4.12. The van der Waals surface area contributed by atoms with Crippen LogP contribution >= 0.6 is 0 Å². The van der Waals surface area contributed by atoms with E-state index in [0.717, 1.165) is 6.08 Å². The maximum absolute atomic E-state index is 10.5. The van der Waals surface area contributed by atoms with Crippen LogP contribution < -0.4 is 29.6 Å². The minimum Gasteiger partial charge on any atom is -0.748 e. The standard InChI is InChI=1S/C8H14O6S.Na/c1-2-8(9)14-6-5-13-4-3-7-15(10,11)12;/h2H,1,3-7H2,(H,10,11,12);/q;+1/p-1. The number of hydrogen-bond acceptors (Lipinski definition) is 6. The van der Waals surface area contributed by atoms with Crippen molar-refractivity contribution in [3.63, 3.8) is 0 Å². The van der Waals surface area contributed by atoms with E-state index in [-0.39, 0.29) is 55.8 Å². The molecule has 0 aliphatic heterocycles. The van der Waals surface area contributed by atoms with Gasteiger partial charge in [0.15, 0.2) is 0 Å². The molecule has 0 fully saturated rings. The summed E-state index contributed by atoms with van der Waals surface area (Å²) in [6, 6.07) is 0. The van der Waals surface area contributed by atoms with Crippen molar-refractivity contribution < 1.29 is 56.8 Å². The predicted molar refractivity (Wildman–Crippen MR) is 51.2 cm³/mol. The number of esters is 1. The van der Waals surface area contributed by atoms with Gasteiger partial charge in [-0.2, -0.15) is 0 Å². The van der Waals surface area contributed by atoms with Crippen molar-refractivity contribution in [2.75, 3.05) is 25.6 Å². The molecule has 0 saturated carbocycles. The van der Waals surface area contributed by atoms with Gasteiger partial charge in [-0.25, -0.2) is 13.2 Å². The van der Waals surface area contributed by atoms with Gasteiger partial charge in [-0.05, 0) is 6.42 Å². The topological polar surface area (TPSA) is 92.7 Å². The van der Waals surface area contributed by atoms with E-state index in [4.69, 9.17) is 4.74 Å². The van der Waals surface area contributed by atoms with Gasteiger partial charge in [0, 0.05) is 18.4 Å². The van der Waals surface area contributed by atoms with Gasteiger partial charge in [0.05, 0.1) is 16.7 Å². The SMILES string of the molecule is C=CC(=O)OCCOCCCS(=O)(=O)[O-].[Na+]. The maximum Gasteiger partial charge on any atom is 1.00 e. The van der Waals surface area contributed by atoms with Crippen LogP contribution in [-0.4, -0.2) is 44.5 Å². The van der Waals surface area contributed by atoms with Crippen LogP contribution in [-0.2, 0) is 24.4 Å². The molecule has 0 amide bonds. The van der Waals surface area contributed by atoms with E-state index in [0.29, 0.717) is 0 Å². The molecule has 0 saturated heterocycles. The molecule has 0 aliphatic carbocycles. The van der Waals surface area contributed by atoms with Crippen molar-refractivity contribution in [1.29, 1.82) is 0 Å². The summed E-state index contributed by atoms with van der Waals surface area (Å²) in [6.45, 7) is 3.59. The van der Waals surface area contributed by atoms with Crippen LogP contribution in [0.15, 0.2) is 12.7 Å². The third-order valence-electron chi connectivity index (χ3n) is 1.32. The molecule has 0 aromatic carbocycles. The minimum absolute atomic E-state index is 0. The maximum atomic E-state index is 10.5. The Hall–Kier alpha value is 0.0800. The summed E-state index contributed by atoms with van der Waals surface area (Å²) in [7, 11) is -4.16. The van der Waals surface area contributed by atoms with Crippen molar-refractivity contribution in [2.45, 2.75) is 6.42 Å². The van der Waals surface area contributed by atoms with Crippen LogP contribution in [0, 0.1) is 0 Å². The molecule has 0 unspecified atom stereocenters. The Balaban J connectivity index is 0. The molecule has 0 rings (SSSR count). The summed E-state index contributed by atoms with van der Waals surface area (Å²) in [5.74, 6) is -0.986. The summed E-state index contributed by atoms with van der Waals surface area (Å²) in [5, 5.41) is 0. The molecule has 8 heteroatoms. The van der Waals surface area contributed by atoms with E-state index < -0.39 is 21.8 Å². The molecule has 16 heavy (non-hydrogen) atoms. The van der Waals surface area contributed by atoms with E-state index in [2.05, 4.69) is 11.3 Å². The molecule has 0 aliphatic rings. The molecular formula is C8H13NaO6S. The zero-order valence-electron chi connectivity index (χ0n) is 9.18. The van der Waals surface area contributed by atoms with E-state index in [1.54, 1.807) is 0 Å². The average Bonchev–Trinajstić information content (AvgIpc) is 2.14. The third kappa shape index (κ3) is 14.1. The van der Waals surface area contributed by atoms with E-state index in [9.17, 15) is 17.8 Å². The van der Waals surface area contributed by atoms with Crippen molar-refractivity contribution in [3.8, 4) is 0 Å². The second-order valence-electron chi connectivity index (χ2n) is 2.60. The summed E-state index contributed by atoms with van der Waals surface area (Å²) in [6.07, 6.45) is 1.17. The number of carbonyl (C=O) groups is 1. The van der Waals surface area contributed by atoms with Gasteiger partial charge in [0.25, 0.3) is 0 Å². The molecule has 6 nitrogen and oxygen atoms in total. The molecule has 0 bridgehead atoms. The fourth-order valence-corrected chi connectivity index (χ4v) is 1.17. The van der Waals surface area contributed by atoms with Crippen molar-refractivity contribution in [3.05, 3.63) is 12.7 Å². The summed E-state index contributed by atoms with van der Waals surface area (Å²) in [4.78, 5) is 10.5. The molecular weight excluding hydrogens is 247 g/mol. The Labute approximate surface area is 117 Å². The number of carbonyl (C=O) groups excluding carboxylic acids is 1. The Morgan fingerprint density at radius 2 is 1.94 bits per heavy atom. The van der Waals surface area contributed by atoms with Crippen LogP contribution in [0.2, 0.25) is 0 Å².